The van der Waals surface area contributed by atoms with Crippen LogP contribution in [0.1, 0.15) is 34.1 Å². The van der Waals surface area contributed by atoms with Crippen LogP contribution in [0.5, 0.6) is 0 Å². The first kappa shape index (κ1) is 18.1. The topological polar surface area (TPSA) is 50.4 Å². The van der Waals surface area contributed by atoms with Crippen LogP contribution >= 0.6 is 12.4 Å². The minimum atomic E-state index is 0. The number of ether oxygens (including phenoxy) is 1. The molecular weight excluding hydrogens is 228 g/mol. The second kappa shape index (κ2) is 11.2. The molecule has 0 fully saturated rings. The van der Waals surface area contributed by atoms with Crippen molar-refractivity contribution in [3.63, 3.8) is 0 Å². The molecule has 0 saturated carbocycles. The van der Waals surface area contributed by atoms with Gasteiger partial charge < -0.3 is 15.4 Å². The molecule has 0 unspecified atom stereocenters. The van der Waals surface area contributed by atoms with Crippen molar-refractivity contribution in [3.05, 3.63) is 0 Å². The average Bonchev–Trinajstić information content (AvgIpc) is 2.14. The maximum Gasteiger partial charge on any atom is 0.222 e. The largest absolute Gasteiger partial charge is 0.378 e. The molecule has 5 heteroatoms. The predicted octanol–water partition coefficient (Wildman–Crippen LogP) is 1.34. The van der Waals surface area contributed by atoms with Crippen molar-refractivity contribution in [3.8, 4) is 0 Å². The van der Waals surface area contributed by atoms with E-state index in [4.69, 9.17) is 4.74 Å². The first-order valence-corrected chi connectivity index (χ1v) is 5.68. The van der Waals surface area contributed by atoms with Gasteiger partial charge in [0.2, 0.25) is 5.91 Å². The van der Waals surface area contributed by atoms with E-state index in [2.05, 4.69) is 17.6 Å². The standard InChI is InChI=1S/C11H24N2O2.ClH/c1-5-12-10(4)8-13-11(14)6-7-15-9(2)3;/h9-10,12H,5-8H2,1-4H3,(H,13,14);1H/t10-;/m1./s1. The van der Waals surface area contributed by atoms with Crippen molar-refractivity contribution < 1.29 is 9.53 Å². The van der Waals surface area contributed by atoms with Gasteiger partial charge in [0.15, 0.2) is 0 Å². The summed E-state index contributed by atoms with van der Waals surface area (Å²) in [7, 11) is 0. The van der Waals surface area contributed by atoms with Gasteiger partial charge >= 0.3 is 0 Å². The second-order valence-electron chi connectivity index (χ2n) is 3.93. The summed E-state index contributed by atoms with van der Waals surface area (Å²) in [5.74, 6) is 0.0559. The van der Waals surface area contributed by atoms with Gasteiger partial charge in [0.05, 0.1) is 12.7 Å². The zero-order valence-electron chi connectivity index (χ0n) is 10.7. The molecule has 4 nitrogen and oxygen atoms in total. The van der Waals surface area contributed by atoms with Crippen LogP contribution in [-0.2, 0) is 9.53 Å². The van der Waals surface area contributed by atoms with Crippen molar-refractivity contribution in [1.29, 1.82) is 0 Å². The van der Waals surface area contributed by atoms with Gasteiger partial charge in [-0.1, -0.05) is 6.92 Å². The summed E-state index contributed by atoms with van der Waals surface area (Å²) in [5.41, 5.74) is 0. The van der Waals surface area contributed by atoms with E-state index in [0.717, 1.165) is 6.54 Å². The molecule has 0 aliphatic carbocycles. The number of likely N-dealkylation sites (N-methyl/N-ethyl adjacent to an activating group) is 1. The summed E-state index contributed by atoms with van der Waals surface area (Å²) in [6.45, 7) is 10.1. The van der Waals surface area contributed by atoms with Crippen molar-refractivity contribution in [2.24, 2.45) is 0 Å². The Morgan fingerprint density at radius 2 is 1.94 bits per heavy atom. The van der Waals surface area contributed by atoms with Crippen LogP contribution in [0.2, 0.25) is 0 Å². The van der Waals surface area contributed by atoms with Crippen LogP contribution < -0.4 is 10.6 Å². The zero-order chi connectivity index (χ0) is 11.7. The molecule has 0 aromatic heterocycles. The molecule has 0 aromatic rings. The van der Waals surface area contributed by atoms with Gasteiger partial charge in [0, 0.05) is 19.0 Å². The second-order valence-corrected chi connectivity index (χ2v) is 3.93. The number of rotatable bonds is 8. The highest BCUT2D eigenvalue weighted by atomic mass is 35.5. The van der Waals surface area contributed by atoms with Gasteiger partial charge in [-0.25, -0.2) is 0 Å². The summed E-state index contributed by atoms with van der Waals surface area (Å²) in [6.07, 6.45) is 0.635. The van der Waals surface area contributed by atoms with Crippen LogP contribution in [-0.4, -0.2) is 37.7 Å². The molecule has 1 atom stereocenters. The van der Waals surface area contributed by atoms with E-state index >= 15 is 0 Å². The summed E-state index contributed by atoms with van der Waals surface area (Å²) in [6, 6.07) is 0.324. The monoisotopic (exact) mass is 252 g/mol. The maximum atomic E-state index is 11.3. The summed E-state index contributed by atoms with van der Waals surface area (Å²) in [4.78, 5) is 11.3. The van der Waals surface area contributed by atoms with E-state index in [1.807, 2.05) is 20.8 Å². The third kappa shape index (κ3) is 11.8. The van der Waals surface area contributed by atoms with Gasteiger partial charge in [-0.15, -0.1) is 12.4 Å². The van der Waals surface area contributed by atoms with E-state index in [9.17, 15) is 4.79 Å². The van der Waals surface area contributed by atoms with Crippen LogP contribution in [0.25, 0.3) is 0 Å². The highest BCUT2D eigenvalue weighted by Crippen LogP contribution is 1.90. The first-order valence-electron chi connectivity index (χ1n) is 5.68. The normalized spacial score (nSPS) is 12.1. The minimum absolute atomic E-state index is 0. The fourth-order valence-electron chi connectivity index (χ4n) is 1.16. The molecule has 0 heterocycles. The Kier molecular flexibility index (Phi) is 12.6. The molecule has 0 aliphatic heterocycles. The summed E-state index contributed by atoms with van der Waals surface area (Å²) >= 11 is 0. The molecule has 98 valence electrons. The number of carbonyl (C=O) groups excluding carboxylic acids is 1. The molecule has 2 N–H and O–H groups in total. The minimum Gasteiger partial charge on any atom is -0.378 e. The molecule has 0 aromatic carbocycles. The quantitative estimate of drug-likeness (QED) is 0.686. The van der Waals surface area contributed by atoms with E-state index in [1.54, 1.807) is 0 Å². The summed E-state index contributed by atoms with van der Waals surface area (Å²) < 4.78 is 5.29. The Hall–Kier alpha value is -0.320. The van der Waals surface area contributed by atoms with Crippen LogP contribution in [0.15, 0.2) is 0 Å². The molecule has 0 rings (SSSR count). The Labute approximate surface area is 105 Å². The number of halogens is 1. The first-order chi connectivity index (χ1) is 7.06. The van der Waals surface area contributed by atoms with Gasteiger partial charge in [-0.3, -0.25) is 4.79 Å². The number of hydrogen-bond acceptors (Lipinski definition) is 3. The molecule has 0 aliphatic rings. The number of hydrogen-bond donors (Lipinski definition) is 2. The van der Waals surface area contributed by atoms with Crippen LogP contribution in [0.3, 0.4) is 0 Å². The van der Waals surface area contributed by atoms with Crippen molar-refractivity contribution >= 4 is 18.3 Å². The smallest absolute Gasteiger partial charge is 0.222 e. The molecule has 0 radical (unpaired) electrons. The Morgan fingerprint density at radius 3 is 2.44 bits per heavy atom. The third-order valence-electron chi connectivity index (χ3n) is 1.94. The molecule has 0 saturated heterocycles. The lowest BCUT2D eigenvalue weighted by molar-refractivity contribution is -0.122. The van der Waals surface area contributed by atoms with Crippen molar-refractivity contribution in [2.45, 2.75) is 46.3 Å². The number of carbonyl (C=O) groups is 1. The van der Waals surface area contributed by atoms with E-state index in [1.165, 1.54) is 0 Å². The SMILES string of the molecule is CCN[C@H](C)CNC(=O)CCOC(C)C.Cl. The molecular formula is C11H25ClN2O2. The van der Waals surface area contributed by atoms with E-state index in [0.29, 0.717) is 25.6 Å². The number of nitrogens with one attached hydrogen (secondary N) is 2. The lowest BCUT2D eigenvalue weighted by atomic mass is 10.3. The van der Waals surface area contributed by atoms with Gasteiger partial charge in [0.1, 0.15) is 0 Å². The lowest BCUT2D eigenvalue weighted by Gasteiger charge is -2.13. The van der Waals surface area contributed by atoms with Gasteiger partial charge in [-0.2, -0.15) is 0 Å². The van der Waals surface area contributed by atoms with Gasteiger partial charge in [-0.05, 0) is 27.3 Å². The predicted molar refractivity (Wildman–Crippen MR) is 69.1 cm³/mol. The van der Waals surface area contributed by atoms with Crippen LogP contribution in [0, 0.1) is 0 Å². The van der Waals surface area contributed by atoms with Gasteiger partial charge in [0.25, 0.3) is 0 Å². The molecule has 0 bridgehead atoms. The fourth-order valence-corrected chi connectivity index (χ4v) is 1.16. The zero-order valence-corrected chi connectivity index (χ0v) is 11.5. The van der Waals surface area contributed by atoms with E-state index < -0.39 is 0 Å². The van der Waals surface area contributed by atoms with Crippen LogP contribution in [0.4, 0.5) is 0 Å². The number of amides is 1. The highest BCUT2D eigenvalue weighted by molar-refractivity contribution is 5.85. The van der Waals surface area contributed by atoms with Crippen molar-refractivity contribution in [1.82, 2.24) is 10.6 Å². The molecule has 0 spiro atoms. The fraction of sp³-hybridized carbons (Fsp3) is 0.909. The lowest BCUT2D eigenvalue weighted by Crippen LogP contribution is -2.39. The summed E-state index contributed by atoms with van der Waals surface area (Å²) in [5, 5.41) is 6.09. The third-order valence-corrected chi connectivity index (χ3v) is 1.94. The average molecular weight is 253 g/mol. The molecule has 16 heavy (non-hydrogen) atoms. The van der Waals surface area contributed by atoms with E-state index in [-0.39, 0.29) is 24.4 Å². The van der Waals surface area contributed by atoms with Crippen molar-refractivity contribution in [2.75, 3.05) is 19.7 Å². The Bertz CT molecular complexity index is 177. The highest BCUT2D eigenvalue weighted by Gasteiger charge is 2.04. The molecule has 1 amide bonds. The Morgan fingerprint density at radius 1 is 1.31 bits per heavy atom. The Balaban J connectivity index is 0. The maximum absolute atomic E-state index is 11.3.